The molecule has 0 saturated carbocycles. The van der Waals surface area contributed by atoms with E-state index in [9.17, 15) is 27.5 Å². The van der Waals surface area contributed by atoms with Crippen LogP contribution in [0.25, 0.3) is 5.69 Å². The summed E-state index contributed by atoms with van der Waals surface area (Å²) in [5.41, 5.74) is -1.18. The number of hydrogen-bond acceptors (Lipinski definition) is 4. The van der Waals surface area contributed by atoms with E-state index in [4.69, 9.17) is 5.26 Å². The average Bonchev–Trinajstić information content (AvgIpc) is 3.32. The highest BCUT2D eigenvalue weighted by Crippen LogP contribution is 2.31. The number of alkyl halides is 3. The van der Waals surface area contributed by atoms with E-state index in [-0.39, 0.29) is 22.5 Å². The lowest BCUT2D eigenvalue weighted by Crippen LogP contribution is -2.17. The summed E-state index contributed by atoms with van der Waals surface area (Å²) in [6.07, 6.45) is -6.15. The van der Waals surface area contributed by atoms with Crippen LogP contribution in [0, 0.1) is 17.1 Å². The van der Waals surface area contributed by atoms with Crippen molar-refractivity contribution < 1.29 is 27.5 Å². The molecule has 3 aromatic carbocycles. The second-order valence-corrected chi connectivity index (χ2v) is 7.49. The van der Waals surface area contributed by atoms with Crippen LogP contribution in [0.3, 0.4) is 0 Å². The van der Waals surface area contributed by atoms with E-state index < -0.39 is 35.4 Å². The summed E-state index contributed by atoms with van der Waals surface area (Å²) in [7, 11) is 0. The first-order valence-corrected chi connectivity index (χ1v) is 10.2. The Balaban J connectivity index is 1.70. The molecule has 6 nitrogen and oxygen atoms in total. The fourth-order valence-electron chi connectivity index (χ4n) is 3.43. The zero-order chi connectivity index (χ0) is 25.2. The molecule has 0 aliphatic heterocycles. The van der Waals surface area contributed by atoms with E-state index in [0.29, 0.717) is 11.6 Å². The van der Waals surface area contributed by atoms with Gasteiger partial charge in [-0.3, -0.25) is 4.79 Å². The molecule has 4 aromatic rings. The Kier molecular flexibility index (Phi) is 6.36. The monoisotopic (exact) mass is 480 g/mol. The maximum Gasteiger partial charge on any atom is 0.435 e. The van der Waals surface area contributed by atoms with Crippen molar-refractivity contribution in [2.75, 3.05) is 5.32 Å². The highest BCUT2D eigenvalue weighted by atomic mass is 19.4. The molecule has 0 spiro atoms. The van der Waals surface area contributed by atoms with E-state index in [1.807, 2.05) is 6.07 Å². The Hall–Kier alpha value is -4.49. The molecule has 1 unspecified atom stereocenters. The van der Waals surface area contributed by atoms with Crippen LogP contribution < -0.4 is 5.32 Å². The Morgan fingerprint density at radius 3 is 2.46 bits per heavy atom. The summed E-state index contributed by atoms with van der Waals surface area (Å²) < 4.78 is 55.3. The van der Waals surface area contributed by atoms with Crippen molar-refractivity contribution in [3.63, 3.8) is 0 Å². The number of aliphatic hydroxyl groups is 1. The van der Waals surface area contributed by atoms with Crippen LogP contribution in [0.2, 0.25) is 0 Å². The lowest BCUT2D eigenvalue weighted by atomic mass is 10.0. The maximum absolute atomic E-state index is 14.4. The Morgan fingerprint density at radius 2 is 1.77 bits per heavy atom. The second-order valence-electron chi connectivity index (χ2n) is 7.49. The average molecular weight is 480 g/mol. The van der Waals surface area contributed by atoms with Gasteiger partial charge in [0.15, 0.2) is 5.69 Å². The van der Waals surface area contributed by atoms with Gasteiger partial charge in [0.1, 0.15) is 17.6 Å². The number of nitriles is 1. The number of carbonyl (C=O) groups is 1. The third kappa shape index (κ3) is 5.05. The highest BCUT2D eigenvalue weighted by molar-refractivity contribution is 6.03. The predicted molar refractivity (Wildman–Crippen MR) is 118 cm³/mol. The van der Waals surface area contributed by atoms with E-state index in [1.165, 1.54) is 36.4 Å². The SMILES string of the molecule is N#Cc1cccc(-n2nc(C(F)(F)F)cc2C(=O)Nc2ccc(F)c(C(O)c3ccccc3)c2)c1. The molecule has 0 radical (unpaired) electrons. The van der Waals surface area contributed by atoms with Crippen LogP contribution >= 0.6 is 0 Å². The van der Waals surface area contributed by atoms with Crippen molar-refractivity contribution in [1.29, 1.82) is 5.26 Å². The number of carbonyl (C=O) groups excluding carboxylic acids is 1. The molecule has 35 heavy (non-hydrogen) atoms. The summed E-state index contributed by atoms with van der Waals surface area (Å²) in [4.78, 5) is 13.0. The molecule has 10 heteroatoms. The molecule has 2 N–H and O–H groups in total. The number of nitrogens with one attached hydrogen (secondary N) is 1. The molecule has 0 aliphatic carbocycles. The van der Waals surface area contributed by atoms with E-state index in [0.717, 1.165) is 10.7 Å². The van der Waals surface area contributed by atoms with E-state index in [2.05, 4.69) is 10.4 Å². The standard InChI is InChI=1S/C25H16F4N4O2/c26-20-10-9-17(12-19(20)23(34)16-6-2-1-3-7-16)31-24(35)21-13-22(25(27,28)29)32-33(21)18-8-4-5-15(11-18)14-30/h1-13,23,34H,(H,31,35). The number of hydrogen-bond donors (Lipinski definition) is 2. The molecule has 0 saturated heterocycles. The van der Waals surface area contributed by atoms with Crippen LogP contribution in [0.5, 0.6) is 0 Å². The van der Waals surface area contributed by atoms with Gasteiger partial charge in [-0.1, -0.05) is 36.4 Å². The van der Waals surface area contributed by atoms with Crippen molar-refractivity contribution in [2.24, 2.45) is 0 Å². The molecule has 1 atom stereocenters. The largest absolute Gasteiger partial charge is 0.435 e. The van der Waals surface area contributed by atoms with Gasteiger partial charge in [0, 0.05) is 17.3 Å². The van der Waals surface area contributed by atoms with E-state index >= 15 is 0 Å². The summed E-state index contributed by atoms with van der Waals surface area (Å²) in [6, 6.07) is 19.8. The zero-order valence-electron chi connectivity index (χ0n) is 17.8. The number of rotatable bonds is 5. The number of aromatic nitrogens is 2. The third-order valence-electron chi connectivity index (χ3n) is 5.12. The van der Waals surface area contributed by atoms with Crippen molar-refractivity contribution in [1.82, 2.24) is 9.78 Å². The molecule has 0 bridgehead atoms. The lowest BCUT2D eigenvalue weighted by Gasteiger charge is -2.14. The maximum atomic E-state index is 14.4. The van der Waals surface area contributed by atoms with Crippen LogP contribution in [0.4, 0.5) is 23.2 Å². The first kappa shape index (κ1) is 23.7. The summed E-state index contributed by atoms with van der Waals surface area (Å²) in [6.45, 7) is 0. The van der Waals surface area contributed by atoms with Gasteiger partial charge in [-0.2, -0.15) is 23.5 Å². The van der Waals surface area contributed by atoms with Gasteiger partial charge in [0.25, 0.3) is 5.91 Å². The minimum absolute atomic E-state index is 0.0495. The van der Waals surface area contributed by atoms with Gasteiger partial charge in [0.2, 0.25) is 0 Å². The van der Waals surface area contributed by atoms with Crippen LogP contribution in [0.1, 0.15) is 39.0 Å². The molecule has 176 valence electrons. The van der Waals surface area contributed by atoms with Gasteiger partial charge in [-0.05, 0) is 42.0 Å². The summed E-state index contributed by atoms with van der Waals surface area (Å²) >= 11 is 0. The van der Waals surface area contributed by atoms with Gasteiger partial charge in [-0.25, -0.2) is 9.07 Å². The number of benzene rings is 3. The molecule has 0 aliphatic rings. The Morgan fingerprint density at radius 1 is 1.03 bits per heavy atom. The number of nitrogens with zero attached hydrogens (tertiary/aromatic N) is 3. The summed E-state index contributed by atoms with van der Waals surface area (Å²) in [5.74, 6) is -1.68. The highest BCUT2D eigenvalue weighted by Gasteiger charge is 2.36. The predicted octanol–water partition coefficient (Wildman–Crippen LogP) is 5.24. The first-order valence-electron chi connectivity index (χ1n) is 10.2. The van der Waals surface area contributed by atoms with Crippen molar-refractivity contribution in [2.45, 2.75) is 12.3 Å². The van der Waals surface area contributed by atoms with Crippen molar-refractivity contribution >= 4 is 11.6 Å². The number of halogens is 4. The van der Waals surface area contributed by atoms with Crippen LogP contribution in [-0.4, -0.2) is 20.8 Å². The Labute approximate surface area is 196 Å². The normalized spacial score (nSPS) is 12.1. The van der Waals surface area contributed by atoms with Crippen LogP contribution in [-0.2, 0) is 6.18 Å². The molecule has 4 rings (SSSR count). The fraction of sp³-hybridized carbons (Fsp3) is 0.0800. The van der Waals surface area contributed by atoms with E-state index in [1.54, 1.807) is 30.3 Å². The molecule has 1 amide bonds. The van der Waals surface area contributed by atoms with Gasteiger partial charge in [-0.15, -0.1) is 0 Å². The Bertz CT molecular complexity index is 1430. The van der Waals surface area contributed by atoms with Gasteiger partial charge >= 0.3 is 6.18 Å². The number of anilines is 1. The first-order chi connectivity index (χ1) is 16.7. The van der Waals surface area contributed by atoms with Crippen molar-refractivity contribution in [3.8, 4) is 11.8 Å². The molecule has 1 heterocycles. The number of aliphatic hydroxyl groups excluding tert-OH is 1. The molecule has 1 aromatic heterocycles. The minimum Gasteiger partial charge on any atom is -0.384 e. The van der Waals surface area contributed by atoms with Crippen LogP contribution in [0.15, 0.2) is 78.9 Å². The van der Waals surface area contributed by atoms with Gasteiger partial charge in [0.05, 0.1) is 17.3 Å². The summed E-state index contributed by atoms with van der Waals surface area (Å²) in [5, 5.41) is 25.6. The molecule has 0 fully saturated rings. The topological polar surface area (TPSA) is 90.9 Å². The molecular weight excluding hydrogens is 464 g/mol. The molecular formula is C25H16F4N4O2. The smallest absolute Gasteiger partial charge is 0.384 e. The zero-order valence-corrected chi connectivity index (χ0v) is 17.8. The quantitative estimate of drug-likeness (QED) is 0.383. The third-order valence-corrected chi connectivity index (χ3v) is 5.12. The minimum atomic E-state index is -4.82. The van der Waals surface area contributed by atoms with Crippen molar-refractivity contribution in [3.05, 3.63) is 113 Å². The number of amides is 1. The van der Waals surface area contributed by atoms with Gasteiger partial charge < -0.3 is 10.4 Å². The lowest BCUT2D eigenvalue weighted by molar-refractivity contribution is -0.141. The fourth-order valence-corrected chi connectivity index (χ4v) is 3.43. The second kappa shape index (κ2) is 9.40.